The molecule has 1 aromatic heterocycles. The molecule has 0 N–H and O–H groups in total. The van der Waals surface area contributed by atoms with Gasteiger partial charge < -0.3 is 4.74 Å². The van der Waals surface area contributed by atoms with Gasteiger partial charge in [0.25, 0.3) is 0 Å². The van der Waals surface area contributed by atoms with E-state index in [9.17, 15) is 0 Å². The Hall–Kier alpha value is -1.77. The van der Waals surface area contributed by atoms with Gasteiger partial charge in [0.15, 0.2) is 0 Å². The maximum absolute atomic E-state index is 5.85. The lowest BCUT2D eigenvalue weighted by Crippen LogP contribution is -2.04. The van der Waals surface area contributed by atoms with Crippen LogP contribution in [0.15, 0.2) is 30.3 Å². The van der Waals surface area contributed by atoms with Crippen molar-refractivity contribution in [2.45, 2.75) is 26.9 Å². The quantitative estimate of drug-likeness (QED) is 0.807. The lowest BCUT2D eigenvalue weighted by Gasteiger charge is -2.10. The highest BCUT2D eigenvalue weighted by Gasteiger charge is 2.05. The topological polar surface area (TPSA) is 27.1 Å². The van der Waals surface area contributed by atoms with E-state index in [1.54, 1.807) is 0 Å². The molecule has 0 fully saturated rings. The Morgan fingerprint density at radius 1 is 1.29 bits per heavy atom. The minimum Gasteiger partial charge on any atom is -0.487 e. The van der Waals surface area contributed by atoms with Gasteiger partial charge >= 0.3 is 0 Å². The van der Waals surface area contributed by atoms with Crippen molar-refractivity contribution in [1.82, 2.24) is 9.78 Å². The first-order valence-corrected chi connectivity index (χ1v) is 5.91. The third kappa shape index (κ3) is 2.67. The number of hydrogen-bond acceptors (Lipinski definition) is 2. The summed E-state index contributed by atoms with van der Waals surface area (Å²) in [6.45, 7) is 4.69. The predicted molar refractivity (Wildman–Crippen MR) is 68.1 cm³/mol. The van der Waals surface area contributed by atoms with Crippen molar-refractivity contribution in [3.8, 4) is 5.75 Å². The Balaban J connectivity index is 2.09. The highest BCUT2D eigenvalue weighted by Crippen LogP contribution is 2.19. The van der Waals surface area contributed by atoms with Crippen LogP contribution >= 0.6 is 0 Å². The van der Waals surface area contributed by atoms with E-state index in [-0.39, 0.29) is 0 Å². The molecule has 0 amide bonds. The van der Waals surface area contributed by atoms with Crippen LogP contribution in [0, 0.1) is 6.92 Å². The second-order valence-corrected chi connectivity index (χ2v) is 4.15. The van der Waals surface area contributed by atoms with Gasteiger partial charge in [0.05, 0.1) is 11.4 Å². The van der Waals surface area contributed by atoms with Crippen LogP contribution < -0.4 is 4.74 Å². The minimum absolute atomic E-state index is 0.564. The molecule has 0 saturated carbocycles. The molecule has 3 heteroatoms. The van der Waals surface area contributed by atoms with E-state index in [0.717, 1.165) is 23.6 Å². The number of nitrogens with zero attached hydrogens (tertiary/aromatic N) is 2. The summed E-state index contributed by atoms with van der Waals surface area (Å²) in [5.74, 6) is 0.967. The van der Waals surface area contributed by atoms with Crippen molar-refractivity contribution in [2.75, 3.05) is 0 Å². The van der Waals surface area contributed by atoms with E-state index in [1.165, 1.54) is 5.56 Å². The van der Waals surface area contributed by atoms with Gasteiger partial charge in [0.1, 0.15) is 12.4 Å². The summed E-state index contributed by atoms with van der Waals surface area (Å²) >= 11 is 0. The van der Waals surface area contributed by atoms with Crippen LogP contribution in [-0.2, 0) is 20.1 Å². The van der Waals surface area contributed by atoms with E-state index < -0.39 is 0 Å². The van der Waals surface area contributed by atoms with E-state index in [2.05, 4.69) is 24.2 Å². The van der Waals surface area contributed by atoms with Gasteiger partial charge in [-0.15, -0.1) is 0 Å². The fraction of sp³-hybridized carbons (Fsp3) is 0.357. The van der Waals surface area contributed by atoms with Crippen molar-refractivity contribution in [2.24, 2.45) is 7.05 Å². The van der Waals surface area contributed by atoms with Crippen molar-refractivity contribution >= 4 is 0 Å². The lowest BCUT2D eigenvalue weighted by atomic mass is 10.1. The van der Waals surface area contributed by atoms with E-state index in [0.29, 0.717) is 6.61 Å². The summed E-state index contributed by atoms with van der Waals surface area (Å²) in [4.78, 5) is 0. The van der Waals surface area contributed by atoms with Crippen LogP contribution in [0.5, 0.6) is 5.75 Å². The number of benzene rings is 1. The second kappa shape index (κ2) is 5.04. The van der Waals surface area contributed by atoms with Gasteiger partial charge in [-0.2, -0.15) is 5.10 Å². The van der Waals surface area contributed by atoms with Gasteiger partial charge in [-0.3, -0.25) is 4.68 Å². The zero-order valence-electron chi connectivity index (χ0n) is 10.6. The second-order valence-electron chi connectivity index (χ2n) is 4.15. The molecule has 0 saturated heterocycles. The number of aryl methyl sites for hydroxylation is 3. The predicted octanol–water partition coefficient (Wildman–Crippen LogP) is 2.87. The number of rotatable bonds is 4. The molecular formula is C14H18N2O. The Kier molecular flexibility index (Phi) is 3.47. The molecule has 2 rings (SSSR count). The van der Waals surface area contributed by atoms with E-state index >= 15 is 0 Å². The third-order valence-electron chi connectivity index (χ3n) is 2.83. The molecule has 0 bridgehead atoms. The summed E-state index contributed by atoms with van der Waals surface area (Å²) in [6.07, 6.45) is 0.987. The Morgan fingerprint density at radius 3 is 2.71 bits per heavy atom. The van der Waals surface area contributed by atoms with Gasteiger partial charge in [-0.1, -0.05) is 25.1 Å². The summed E-state index contributed by atoms with van der Waals surface area (Å²) in [6, 6.07) is 10.2. The smallest absolute Gasteiger partial charge is 0.130 e. The fourth-order valence-corrected chi connectivity index (χ4v) is 1.89. The summed E-state index contributed by atoms with van der Waals surface area (Å²) in [5.41, 5.74) is 3.36. The highest BCUT2D eigenvalue weighted by atomic mass is 16.5. The molecule has 90 valence electrons. The summed E-state index contributed by atoms with van der Waals surface area (Å²) < 4.78 is 7.71. The van der Waals surface area contributed by atoms with Crippen molar-refractivity contribution in [3.63, 3.8) is 0 Å². The highest BCUT2D eigenvalue weighted by molar-refractivity contribution is 5.33. The van der Waals surface area contributed by atoms with Crippen LogP contribution in [0.2, 0.25) is 0 Å². The molecule has 0 aliphatic carbocycles. The van der Waals surface area contributed by atoms with Crippen molar-refractivity contribution < 1.29 is 4.74 Å². The fourth-order valence-electron chi connectivity index (χ4n) is 1.89. The monoisotopic (exact) mass is 230 g/mol. The number of aromatic nitrogens is 2. The van der Waals surface area contributed by atoms with Crippen LogP contribution in [0.1, 0.15) is 23.9 Å². The first-order chi connectivity index (χ1) is 8.20. The molecule has 17 heavy (non-hydrogen) atoms. The molecule has 0 atom stereocenters. The molecule has 0 unspecified atom stereocenters. The van der Waals surface area contributed by atoms with E-state index in [4.69, 9.17) is 4.74 Å². The standard InChI is InChI=1S/C14H18N2O/c1-4-12-7-5-6-8-14(12)17-10-13-9-11(2)15-16(13)3/h5-9H,4,10H2,1-3H3. The van der Waals surface area contributed by atoms with Crippen LogP contribution in [0.3, 0.4) is 0 Å². The Bertz CT molecular complexity index is 503. The molecule has 1 aromatic carbocycles. The maximum atomic E-state index is 5.85. The van der Waals surface area contributed by atoms with Crippen LogP contribution in [0.4, 0.5) is 0 Å². The normalized spacial score (nSPS) is 10.5. The van der Waals surface area contributed by atoms with Gasteiger partial charge in [-0.05, 0) is 31.0 Å². The van der Waals surface area contributed by atoms with Crippen LogP contribution in [0.25, 0.3) is 0 Å². The molecular weight excluding hydrogens is 212 g/mol. The minimum atomic E-state index is 0.564. The van der Waals surface area contributed by atoms with Gasteiger partial charge in [-0.25, -0.2) is 0 Å². The molecule has 0 radical (unpaired) electrons. The number of ether oxygens (including phenoxy) is 1. The first-order valence-electron chi connectivity index (χ1n) is 5.91. The van der Waals surface area contributed by atoms with Crippen molar-refractivity contribution in [3.05, 3.63) is 47.3 Å². The summed E-state index contributed by atoms with van der Waals surface area (Å²) in [7, 11) is 1.94. The molecule has 1 heterocycles. The first kappa shape index (κ1) is 11.7. The van der Waals surface area contributed by atoms with Crippen molar-refractivity contribution in [1.29, 1.82) is 0 Å². The largest absolute Gasteiger partial charge is 0.487 e. The van der Waals surface area contributed by atoms with E-state index in [1.807, 2.05) is 36.9 Å². The number of hydrogen-bond donors (Lipinski definition) is 0. The third-order valence-corrected chi connectivity index (χ3v) is 2.83. The number of para-hydroxylation sites is 1. The lowest BCUT2D eigenvalue weighted by molar-refractivity contribution is 0.292. The van der Waals surface area contributed by atoms with Gasteiger partial charge in [0.2, 0.25) is 0 Å². The molecule has 0 aliphatic heterocycles. The van der Waals surface area contributed by atoms with Crippen LogP contribution in [-0.4, -0.2) is 9.78 Å². The summed E-state index contributed by atoms with van der Waals surface area (Å²) in [5, 5.41) is 4.30. The Labute approximate surface area is 102 Å². The molecule has 3 nitrogen and oxygen atoms in total. The zero-order chi connectivity index (χ0) is 12.3. The van der Waals surface area contributed by atoms with Gasteiger partial charge in [0, 0.05) is 7.05 Å². The molecule has 2 aromatic rings. The zero-order valence-corrected chi connectivity index (χ0v) is 10.6. The average Bonchev–Trinajstić information content (AvgIpc) is 2.65. The SMILES string of the molecule is CCc1ccccc1OCc1cc(C)nn1C. The molecule has 0 aliphatic rings. The Morgan fingerprint density at radius 2 is 2.06 bits per heavy atom. The average molecular weight is 230 g/mol. The maximum Gasteiger partial charge on any atom is 0.130 e. The molecule has 0 spiro atoms.